The molecule has 1 N–H and O–H groups in total. The molecule has 0 heterocycles. The molecule has 1 aliphatic carbocycles. The van der Waals surface area contributed by atoms with Crippen LogP contribution in [0.25, 0.3) is 0 Å². The van der Waals surface area contributed by atoms with Gasteiger partial charge in [-0.15, -0.1) is 0 Å². The Morgan fingerprint density at radius 1 is 0.818 bits per heavy atom. The van der Waals surface area contributed by atoms with Gasteiger partial charge in [0.1, 0.15) is 5.75 Å². The molecule has 2 aromatic rings. The summed E-state index contributed by atoms with van der Waals surface area (Å²) in [5, 5.41) is 10.7. The molecular weight excluding hydrogens is 268 g/mol. The normalized spacial score (nSPS) is 14.0. The summed E-state index contributed by atoms with van der Waals surface area (Å²) >= 11 is 0. The SMILES string of the molecule is Cc1cc(C)c(Cc2c(O)c(C)cc3c2CCCC3)c(C)c1. The van der Waals surface area contributed by atoms with Gasteiger partial charge in [-0.05, 0) is 86.8 Å². The van der Waals surface area contributed by atoms with Crippen molar-refractivity contribution in [1.29, 1.82) is 0 Å². The second-order valence-electron chi connectivity index (χ2n) is 6.92. The van der Waals surface area contributed by atoms with E-state index < -0.39 is 0 Å². The van der Waals surface area contributed by atoms with Crippen LogP contribution in [0.15, 0.2) is 18.2 Å². The molecule has 116 valence electrons. The van der Waals surface area contributed by atoms with E-state index in [4.69, 9.17) is 0 Å². The van der Waals surface area contributed by atoms with Gasteiger partial charge in [-0.2, -0.15) is 0 Å². The van der Waals surface area contributed by atoms with Crippen molar-refractivity contribution in [3.05, 3.63) is 62.7 Å². The van der Waals surface area contributed by atoms with Gasteiger partial charge in [0.2, 0.25) is 0 Å². The summed E-state index contributed by atoms with van der Waals surface area (Å²) in [4.78, 5) is 0. The van der Waals surface area contributed by atoms with Gasteiger partial charge in [-0.25, -0.2) is 0 Å². The fourth-order valence-corrected chi connectivity index (χ4v) is 4.00. The average molecular weight is 294 g/mol. The number of benzene rings is 2. The molecule has 2 aromatic carbocycles. The van der Waals surface area contributed by atoms with Crippen LogP contribution < -0.4 is 0 Å². The van der Waals surface area contributed by atoms with E-state index in [1.807, 2.05) is 6.92 Å². The first-order chi connectivity index (χ1) is 10.5. The lowest BCUT2D eigenvalue weighted by molar-refractivity contribution is 0.462. The van der Waals surface area contributed by atoms with E-state index in [0.717, 1.165) is 24.8 Å². The maximum atomic E-state index is 10.7. The number of aryl methyl sites for hydroxylation is 5. The Kier molecular flexibility index (Phi) is 3.99. The van der Waals surface area contributed by atoms with Crippen LogP contribution in [0.1, 0.15) is 57.3 Å². The van der Waals surface area contributed by atoms with Crippen LogP contribution in [-0.2, 0) is 19.3 Å². The third-order valence-corrected chi connectivity index (χ3v) is 5.12. The van der Waals surface area contributed by atoms with Crippen molar-refractivity contribution in [2.45, 2.75) is 59.8 Å². The number of phenolic OH excluding ortho intramolecular Hbond substituents is 1. The molecular formula is C21H26O. The smallest absolute Gasteiger partial charge is 0.122 e. The lowest BCUT2D eigenvalue weighted by Gasteiger charge is -2.23. The third-order valence-electron chi connectivity index (χ3n) is 5.12. The maximum Gasteiger partial charge on any atom is 0.122 e. The molecule has 3 rings (SSSR count). The van der Waals surface area contributed by atoms with Crippen LogP contribution in [0.2, 0.25) is 0 Å². The molecule has 22 heavy (non-hydrogen) atoms. The van der Waals surface area contributed by atoms with Gasteiger partial charge in [0.05, 0.1) is 0 Å². The van der Waals surface area contributed by atoms with E-state index in [1.165, 1.54) is 51.8 Å². The Morgan fingerprint density at radius 3 is 2.14 bits per heavy atom. The zero-order valence-corrected chi connectivity index (χ0v) is 14.2. The Labute approximate surface area is 134 Å². The van der Waals surface area contributed by atoms with E-state index in [1.54, 1.807) is 0 Å². The van der Waals surface area contributed by atoms with Gasteiger partial charge in [0.15, 0.2) is 0 Å². The van der Waals surface area contributed by atoms with Gasteiger partial charge in [0.25, 0.3) is 0 Å². The number of aromatic hydroxyl groups is 1. The highest BCUT2D eigenvalue weighted by atomic mass is 16.3. The first-order valence-electron chi connectivity index (χ1n) is 8.37. The molecule has 0 amide bonds. The number of phenols is 1. The molecule has 1 heteroatoms. The number of hydrogen-bond acceptors (Lipinski definition) is 1. The zero-order chi connectivity index (χ0) is 15.9. The number of fused-ring (bicyclic) bond motifs is 1. The molecule has 0 radical (unpaired) electrons. The molecule has 0 aliphatic heterocycles. The molecule has 0 fully saturated rings. The summed E-state index contributed by atoms with van der Waals surface area (Å²) in [7, 11) is 0. The monoisotopic (exact) mass is 294 g/mol. The minimum Gasteiger partial charge on any atom is -0.507 e. The summed E-state index contributed by atoms with van der Waals surface area (Å²) in [6, 6.07) is 6.70. The first kappa shape index (κ1) is 15.1. The van der Waals surface area contributed by atoms with Crippen LogP contribution in [0.3, 0.4) is 0 Å². The molecule has 0 aromatic heterocycles. The van der Waals surface area contributed by atoms with Crippen molar-refractivity contribution in [3.63, 3.8) is 0 Å². The van der Waals surface area contributed by atoms with Crippen molar-refractivity contribution < 1.29 is 5.11 Å². The fourth-order valence-electron chi connectivity index (χ4n) is 4.00. The largest absolute Gasteiger partial charge is 0.507 e. The predicted octanol–water partition coefficient (Wildman–Crippen LogP) is 5.10. The molecule has 0 atom stereocenters. The van der Waals surface area contributed by atoms with Crippen LogP contribution >= 0.6 is 0 Å². The average Bonchev–Trinajstić information content (AvgIpc) is 2.46. The lowest BCUT2D eigenvalue weighted by Crippen LogP contribution is -2.09. The van der Waals surface area contributed by atoms with E-state index in [2.05, 4.69) is 39.0 Å². The summed E-state index contributed by atoms with van der Waals surface area (Å²) in [6.45, 7) is 8.56. The van der Waals surface area contributed by atoms with E-state index in [9.17, 15) is 5.11 Å². The molecule has 1 nitrogen and oxygen atoms in total. The quantitative estimate of drug-likeness (QED) is 0.817. The van der Waals surface area contributed by atoms with Gasteiger partial charge in [0, 0.05) is 12.0 Å². The third kappa shape index (κ3) is 2.65. The Balaban J connectivity index is 2.11. The molecule has 1 aliphatic rings. The standard InChI is InChI=1S/C21H26O/c1-13-9-14(2)19(15(3)10-13)12-20-18-8-6-5-7-17(18)11-16(4)21(20)22/h9-11,22H,5-8,12H2,1-4H3. The van der Waals surface area contributed by atoms with E-state index in [-0.39, 0.29) is 0 Å². The lowest BCUT2D eigenvalue weighted by atomic mass is 9.83. The fraction of sp³-hybridized carbons (Fsp3) is 0.429. The van der Waals surface area contributed by atoms with E-state index >= 15 is 0 Å². The summed E-state index contributed by atoms with van der Waals surface area (Å²) in [5.74, 6) is 0.514. The number of rotatable bonds is 2. The zero-order valence-electron chi connectivity index (χ0n) is 14.2. The highest BCUT2D eigenvalue weighted by Crippen LogP contribution is 2.36. The topological polar surface area (TPSA) is 20.2 Å². The highest BCUT2D eigenvalue weighted by Gasteiger charge is 2.19. The molecule has 0 saturated heterocycles. The van der Waals surface area contributed by atoms with Gasteiger partial charge in [-0.1, -0.05) is 23.8 Å². The van der Waals surface area contributed by atoms with Crippen molar-refractivity contribution >= 4 is 0 Å². The highest BCUT2D eigenvalue weighted by molar-refractivity contribution is 5.53. The van der Waals surface area contributed by atoms with E-state index in [0.29, 0.717) is 5.75 Å². The van der Waals surface area contributed by atoms with Crippen LogP contribution in [0.5, 0.6) is 5.75 Å². The molecule has 0 unspecified atom stereocenters. The van der Waals surface area contributed by atoms with Crippen LogP contribution in [0, 0.1) is 27.7 Å². The van der Waals surface area contributed by atoms with Gasteiger partial charge >= 0.3 is 0 Å². The Morgan fingerprint density at radius 2 is 1.45 bits per heavy atom. The van der Waals surface area contributed by atoms with Crippen molar-refractivity contribution in [1.82, 2.24) is 0 Å². The minimum absolute atomic E-state index is 0.514. The second kappa shape index (κ2) is 5.79. The van der Waals surface area contributed by atoms with Gasteiger partial charge in [-0.3, -0.25) is 0 Å². The summed E-state index contributed by atoms with van der Waals surface area (Å²) < 4.78 is 0. The number of hydrogen-bond donors (Lipinski definition) is 1. The van der Waals surface area contributed by atoms with Crippen LogP contribution in [0.4, 0.5) is 0 Å². The Hall–Kier alpha value is -1.76. The van der Waals surface area contributed by atoms with Crippen LogP contribution in [-0.4, -0.2) is 5.11 Å². The van der Waals surface area contributed by atoms with Gasteiger partial charge < -0.3 is 5.11 Å². The predicted molar refractivity (Wildman–Crippen MR) is 92.9 cm³/mol. The van der Waals surface area contributed by atoms with Crippen molar-refractivity contribution in [2.24, 2.45) is 0 Å². The Bertz CT molecular complexity index is 702. The maximum absolute atomic E-state index is 10.7. The molecule has 0 saturated carbocycles. The summed E-state index contributed by atoms with van der Waals surface area (Å²) in [6.07, 6.45) is 5.65. The second-order valence-corrected chi connectivity index (χ2v) is 6.92. The minimum atomic E-state index is 0.514. The van der Waals surface area contributed by atoms with Crippen molar-refractivity contribution in [3.8, 4) is 5.75 Å². The molecule has 0 bridgehead atoms. The molecule has 0 spiro atoms. The summed E-state index contributed by atoms with van der Waals surface area (Å²) in [5.41, 5.74) is 10.4. The van der Waals surface area contributed by atoms with Crippen molar-refractivity contribution in [2.75, 3.05) is 0 Å². The first-order valence-corrected chi connectivity index (χ1v) is 8.37.